The molecule has 0 spiro atoms. The Hall–Kier alpha value is -2.49. The van der Waals surface area contributed by atoms with Crippen molar-refractivity contribution in [3.05, 3.63) is 54.0 Å². The van der Waals surface area contributed by atoms with E-state index in [4.69, 9.17) is 0 Å². The van der Waals surface area contributed by atoms with Crippen molar-refractivity contribution >= 4 is 11.5 Å². The molecule has 2 aromatic rings. The van der Waals surface area contributed by atoms with Crippen molar-refractivity contribution in [2.75, 3.05) is 38.1 Å². The summed E-state index contributed by atoms with van der Waals surface area (Å²) in [6.07, 6.45) is 5.65. The van der Waals surface area contributed by atoms with Gasteiger partial charge in [0.1, 0.15) is 5.82 Å². The van der Waals surface area contributed by atoms with Gasteiger partial charge in [0.2, 0.25) is 0 Å². The molecule has 1 aromatic heterocycles. The fraction of sp³-hybridized carbons (Fsp3) is 0.478. The summed E-state index contributed by atoms with van der Waals surface area (Å²) in [6, 6.07) is 12.4. The highest BCUT2D eigenvalue weighted by Gasteiger charge is 2.34. The van der Waals surface area contributed by atoms with Gasteiger partial charge in [0.25, 0.3) is 0 Å². The van der Waals surface area contributed by atoms with Crippen molar-refractivity contribution in [2.24, 2.45) is 0 Å². The Kier molecular flexibility index (Phi) is 6.83. The number of aromatic nitrogens is 1. The van der Waals surface area contributed by atoms with Gasteiger partial charge in [0.15, 0.2) is 11.5 Å². The Bertz CT molecular complexity index is 842. The van der Waals surface area contributed by atoms with Crippen LogP contribution in [0.2, 0.25) is 0 Å². The zero-order chi connectivity index (χ0) is 20.9. The molecule has 1 aliphatic rings. The van der Waals surface area contributed by atoms with Crippen molar-refractivity contribution < 1.29 is 4.39 Å². The number of quaternary nitrogens is 1. The van der Waals surface area contributed by atoms with E-state index in [1.54, 1.807) is 0 Å². The molecule has 0 saturated carbocycles. The molecule has 1 unspecified atom stereocenters. The summed E-state index contributed by atoms with van der Waals surface area (Å²) in [5.41, 5.74) is 1.98. The second-order valence-electron chi connectivity index (χ2n) is 7.88. The van der Waals surface area contributed by atoms with Crippen molar-refractivity contribution in [3.63, 3.8) is 0 Å². The normalized spacial score (nSPS) is 17.5. The summed E-state index contributed by atoms with van der Waals surface area (Å²) >= 11 is 0. The number of piperidine rings is 1. The van der Waals surface area contributed by atoms with E-state index in [2.05, 4.69) is 52.2 Å². The quantitative estimate of drug-likeness (QED) is 0.521. The molecule has 1 fully saturated rings. The van der Waals surface area contributed by atoms with E-state index in [9.17, 15) is 9.65 Å². The minimum absolute atomic E-state index is 0.00342. The summed E-state index contributed by atoms with van der Waals surface area (Å²) in [6.45, 7) is 8.39. The Morgan fingerprint density at radius 1 is 1.24 bits per heavy atom. The third-order valence-electron chi connectivity index (χ3n) is 6.06. The number of halogens is 1. The number of nitrogens with zero attached hydrogens (tertiary/aromatic N) is 5. The molecule has 1 aliphatic heterocycles. The van der Waals surface area contributed by atoms with Gasteiger partial charge in [-0.15, -0.1) is 5.26 Å². The molecule has 0 amide bonds. The summed E-state index contributed by atoms with van der Waals surface area (Å²) in [7, 11) is 1.82. The van der Waals surface area contributed by atoms with Crippen LogP contribution < -0.4 is 9.38 Å². The van der Waals surface area contributed by atoms with Crippen LogP contribution in [0.3, 0.4) is 0 Å². The minimum atomic E-state index is -0.398. The van der Waals surface area contributed by atoms with E-state index in [1.807, 2.05) is 20.0 Å². The fourth-order valence-corrected chi connectivity index (χ4v) is 4.11. The number of pyridine rings is 1. The third-order valence-corrected chi connectivity index (χ3v) is 6.06. The number of nitriles is 1. The molecule has 3 rings (SSSR count). The average Bonchev–Trinajstić information content (AvgIpc) is 2.76. The minimum Gasteiger partial charge on any atom is -0.349 e. The van der Waals surface area contributed by atoms with Gasteiger partial charge >= 0.3 is 6.19 Å². The van der Waals surface area contributed by atoms with Crippen molar-refractivity contribution in [1.82, 2.24) is 14.4 Å². The number of benzene rings is 1. The van der Waals surface area contributed by atoms with Crippen molar-refractivity contribution in [1.29, 1.82) is 5.26 Å². The molecule has 0 N–H and O–H groups in total. The summed E-state index contributed by atoms with van der Waals surface area (Å²) < 4.78 is 14.0. The molecule has 5 nitrogen and oxygen atoms in total. The van der Waals surface area contributed by atoms with E-state index < -0.39 is 5.82 Å². The first kappa shape index (κ1) is 21.2. The monoisotopic (exact) mass is 396 g/mol. The average molecular weight is 397 g/mol. The highest BCUT2D eigenvalue weighted by Crippen LogP contribution is 2.34. The highest BCUT2D eigenvalue weighted by atomic mass is 19.1. The molecule has 29 heavy (non-hydrogen) atoms. The Labute approximate surface area is 173 Å². The number of hydrogen-bond acceptors (Lipinski definition) is 4. The molecule has 1 saturated heterocycles. The Morgan fingerprint density at radius 2 is 1.93 bits per heavy atom. The SMILES string of the molecule is CCN(c1ncc(F)cc1[N+](C)(C#N)CC)C1CCN(Cc2ccccc2)CC1. The molecule has 0 bridgehead atoms. The van der Waals surface area contributed by atoms with Crippen LogP contribution in [-0.4, -0.2) is 49.2 Å². The van der Waals surface area contributed by atoms with Crippen LogP contribution in [0.1, 0.15) is 32.3 Å². The summed E-state index contributed by atoms with van der Waals surface area (Å²) in [4.78, 5) is 9.19. The van der Waals surface area contributed by atoms with Gasteiger partial charge < -0.3 is 4.90 Å². The molecule has 1 atom stereocenters. The largest absolute Gasteiger partial charge is 0.349 e. The van der Waals surface area contributed by atoms with Gasteiger partial charge in [-0.1, -0.05) is 30.3 Å². The molecule has 1 aromatic carbocycles. The second-order valence-corrected chi connectivity index (χ2v) is 7.88. The molecular formula is C23H31FN5+. The standard InChI is InChI=1S/C23H31FN5/c1-4-28(23-22(15-20(24)16-26-23)29(3,5-2)18-25)21-11-13-27(14-12-21)17-19-9-7-6-8-10-19/h6-10,15-16,21H,4-5,11-14,17H2,1-3H3/q+1. The molecular weight excluding hydrogens is 365 g/mol. The topological polar surface area (TPSA) is 43.2 Å². The zero-order valence-corrected chi connectivity index (χ0v) is 17.7. The second kappa shape index (κ2) is 9.34. The van der Waals surface area contributed by atoms with Crippen molar-refractivity contribution in [3.8, 4) is 6.19 Å². The first-order chi connectivity index (χ1) is 14.0. The van der Waals surface area contributed by atoms with Gasteiger partial charge in [-0.3, -0.25) is 4.90 Å². The van der Waals surface area contributed by atoms with Gasteiger partial charge in [-0.2, -0.15) is 4.48 Å². The predicted molar refractivity (Wildman–Crippen MR) is 116 cm³/mol. The molecule has 0 aliphatic carbocycles. The number of anilines is 1. The third kappa shape index (κ3) is 4.75. The highest BCUT2D eigenvalue weighted by molar-refractivity contribution is 5.66. The van der Waals surface area contributed by atoms with Crippen LogP contribution in [0, 0.1) is 17.3 Å². The lowest BCUT2D eigenvalue weighted by atomic mass is 10.0. The van der Waals surface area contributed by atoms with Crippen LogP contribution >= 0.6 is 0 Å². The number of hydrogen-bond donors (Lipinski definition) is 0. The fourth-order valence-electron chi connectivity index (χ4n) is 4.11. The van der Waals surface area contributed by atoms with Crippen molar-refractivity contribution in [2.45, 2.75) is 39.3 Å². The first-order valence-electron chi connectivity index (χ1n) is 10.5. The van der Waals surface area contributed by atoms with E-state index in [0.29, 0.717) is 18.3 Å². The Balaban J connectivity index is 1.77. The molecule has 2 heterocycles. The van der Waals surface area contributed by atoms with Gasteiger partial charge in [-0.25, -0.2) is 9.37 Å². The van der Waals surface area contributed by atoms with Gasteiger partial charge in [0, 0.05) is 38.3 Å². The Morgan fingerprint density at radius 3 is 2.52 bits per heavy atom. The van der Waals surface area contributed by atoms with E-state index in [-0.39, 0.29) is 4.48 Å². The smallest absolute Gasteiger partial charge is 0.314 e. The zero-order valence-electron chi connectivity index (χ0n) is 17.7. The lowest BCUT2D eigenvalue weighted by Crippen LogP contribution is -2.47. The maximum absolute atomic E-state index is 14.0. The summed E-state index contributed by atoms with van der Waals surface area (Å²) in [5, 5.41) is 9.74. The van der Waals surface area contributed by atoms with Gasteiger partial charge in [-0.05, 0) is 32.3 Å². The summed E-state index contributed by atoms with van der Waals surface area (Å²) in [5.74, 6) is 0.340. The van der Waals surface area contributed by atoms with E-state index in [1.165, 1.54) is 17.8 Å². The van der Waals surface area contributed by atoms with E-state index in [0.717, 1.165) is 44.8 Å². The predicted octanol–water partition coefficient (Wildman–Crippen LogP) is 4.15. The van der Waals surface area contributed by atoms with E-state index >= 15 is 0 Å². The maximum atomic E-state index is 14.0. The number of rotatable bonds is 7. The molecule has 154 valence electrons. The van der Waals surface area contributed by atoms with Crippen LogP contribution in [0.25, 0.3) is 0 Å². The number of likely N-dealkylation sites (tertiary alicyclic amines) is 1. The molecule has 0 radical (unpaired) electrons. The maximum Gasteiger partial charge on any atom is 0.314 e. The lowest BCUT2D eigenvalue weighted by molar-refractivity contribution is 0.201. The first-order valence-corrected chi connectivity index (χ1v) is 10.5. The van der Waals surface area contributed by atoms with Crippen LogP contribution in [0.4, 0.5) is 15.9 Å². The van der Waals surface area contributed by atoms with Gasteiger partial charge in [0.05, 0.1) is 19.8 Å². The molecule has 6 heteroatoms. The van der Waals surface area contributed by atoms with Crippen LogP contribution in [0.5, 0.6) is 0 Å². The van der Waals surface area contributed by atoms with Crippen LogP contribution in [0.15, 0.2) is 42.6 Å². The lowest BCUT2D eigenvalue weighted by Gasteiger charge is -2.39. The van der Waals surface area contributed by atoms with Crippen LogP contribution in [-0.2, 0) is 6.54 Å².